The Labute approximate surface area is 139 Å². The Morgan fingerprint density at radius 2 is 1.39 bits per heavy atom. The Morgan fingerprint density at radius 1 is 0.826 bits per heavy atom. The molecule has 0 saturated carbocycles. The van der Waals surface area contributed by atoms with Crippen LogP contribution in [0.3, 0.4) is 0 Å². The average Bonchev–Trinajstić information content (AvgIpc) is 2.59. The summed E-state index contributed by atoms with van der Waals surface area (Å²) in [7, 11) is 0. The van der Waals surface area contributed by atoms with Crippen molar-refractivity contribution in [1.29, 1.82) is 0 Å². The van der Waals surface area contributed by atoms with Gasteiger partial charge < -0.3 is 24.7 Å². The van der Waals surface area contributed by atoms with Gasteiger partial charge in [0.1, 0.15) is 12.4 Å². The van der Waals surface area contributed by atoms with Crippen molar-refractivity contribution in [1.82, 2.24) is 0 Å². The summed E-state index contributed by atoms with van der Waals surface area (Å²) in [6.07, 6.45) is 0.861. The second-order valence-electron chi connectivity index (χ2n) is 4.65. The van der Waals surface area contributed by atoms with E-state index in [2.05, 4.69) is 11.8 Å². The van der Waals surface area contributed by atoms with Gasteiger partial charge in [0.15, 0.2) is 0 Å². The fourth-order valence-corrected chi connectivity index (χ4v) is 1.67. The summed E-state index contributed by atoms with van der Waals surface area (Å²) in [5.74, 6) is 6.94. The SMILES string of the molecule is CCC#Cc1ccc(OCCOCCOCCOCCN)cc1. The van der Waals surface area contributed by atoms with E-state index in [-0.39, 0.29) is 0 Å². The van der Waals surface area contributed by atoms with Crippen LogP contribution in [-0.2, 0) is 14.2 Å². The smallest absolute Gasteiger partial charge is 0.119 e. The van der Waals surface area contributed by atoms with Crippen LogP contribution >= 0.6 is 0 Å². The van der Waals surface area contributed by atoms with Crippen molar-refractivity contribution in [3.05, 3.63) is 29.8 Å². The largest absolute Gasteiger partial charge is 0.491 e. The van der Waals surface area contributed by atoms with E-state index in [1.54, 1.807) is 0 Å². The first kappa shape index (κ1) is 19.5. The van der Waals surface area contributed by atoms with E-state index in [0.29, 0.717) is 52.8 Å². The standard InChI is InChI=1S/C18H27NO4/c1-2-3-4-17-5-7-18(8-6-17)23-16-15-22-14-13-21-12-11-20-10-9-19/h5-8H,2,9-16,19H2,1H3. The molecule has 5 nitrogen and oxygen atoms in total. The maximum atomic E-state index is 5.59. The molecule has 2 N–H and O–H groups in total. The first-order valence-electron chi connectivity index (χ1n) is 8.02. The van der Waals surface area contributed by atoms with Crippen LogP contribution in [0.15, 0.2) is 24.3 Å². The molecule has 0 aliphatic heterocycles. The molecule has 0 bridgehead atoms. The summed E-state index contributed by atoms with van der Waals surface area (Å²) >= 11 is 0. The Balaban J connectivity index is 1.96. The predicted molar refractivity (Wildman–Crippen MR) is 90.6 cm³/mol. The lowest BCUT2D eigenvalue weighted by molar-refractivity contribution is 0.0106. The van der Waals surface area contributed by atoms with Crippen molar-refractivity contribution in [3.63, 3.8) is 0 Å². The fourth-order valence-electron chi connectivity index (χ4n) is 1.67. The average molecular weight is 321 g/mol. The topological polar surface area (TPSA) is 62.9 Å². The second-order valence-corrected chi connectivity index (χ2v) is 4.65. The lowest BCUT2D eigenvalue weighted by Gasteiger charge is -2.08. The molecule has 0 aromatic heterocycles. The van der Waals surface area contributed by atoms with Crippen molar-refractivity contribution in [3.8, 4) is 17.6 Å². The van der Waals surface area contributed by atoms with E-state index < -0.39 is 0 Å². The van der Waals surface area contributed by atoms with Crippen molar-refractivity contribution in [2.75, 3.05) is 52.8 Å². The highest BCUT2D eigenvalue weighted by atomic mass is 16.6. The Kier molecular flexibility index (Phi) is 11.9. The maximum absolute atomic E-state index is 5.59. The number of hydrogen-bond acceptors (Lipinski definition) is 5. The van der Waals surface area contributed by atoms with Crippen LogP contribution in [0.2, 0.25) is 0 Å². The molecule has 5 heteroatoms. The third kappa shape index (κ3) is 10.7. The van der Waals surface area contributed by atoms with E-state index in [1.807, 2.05) is 31.2 Å². The highest BCUT2D eigenvalue weighted by Gasteiger charge is 1.95. The van der Waals surface area contributed by atoms with Gasteiger partial charge in [-0.2, -0.15) is 0 Å². The van der Waals surface area contributed by atoms with E-state index >= 15 is 0 Å². The zero-order chi connectivity index (χ0) is 16.6. The summed E-state index contributed by atoms with van der Waals surface area (Å²) in [6.45, 7) is 6.42. The molecule has 0 saturated heterocycles. The minimum atomic E-state index is 0.513. The molecule has 0 atom stereocenters. The molecule has 0 heterocycles. The monoisotopic (exact) mass is 321 g/mol. The van der Waals surface area contributed by atoms with Gasteiger partial charge in [-0.1, -0.05) is 18.8 Å². The van der Waals surface area contributed by atoms with Gasteiger partial charge in [-0.05, 0) is 24.3 Å². The lowest BCUT2D eigenvalue weighted by Crippen LogP contribution is -2.14. The molecule has 1 aromatic rings. The molecule has 0 radical (unpaired) electrons. The van der Waals surface area contributed by atoms with Crippen molar-refractivity contribution in [2.45, 2.75) is 13.3 Å². The van der Waals surface area contributed by atoms with Gasteiger partial charge in [-0.25, -0.2) is 0 Å². The molecule has 0 amide bonds. The van der Waals surface area contributed by atoms with Gasteiger partial charge in [0.25, 0.3) is 0 Å². The van der Waals surface area contributed by atoms with Crippen LogP contribution in [0.5, 0.6) is 5.75 Å². The van der Waals surface area contributed by atoms with Gasteiger partial charge in [0.05, 0.1) is 39.6 Å². The zero-order valence-corrected chi connectivity index (χ0v) is 13.9. The molecular formula is C18H27NO4. The van der Waals surface area contributed by atoms with Gasteiger partial charge >= 0.3 is 0 Å². The van der Waals surface area contributed by atoms with Crippen LogP contribution in [0.4, 0.5) is 0 Å². The summed E-state index contributed by atoms with van der Waals surface area (Å²) in [6, 6.07) is 7.76. The Bertz CT molecular complexity index is 450. The molecule has 128 valence electrons. The van der Waals surface area contributed by atoms with Gasteiger partial charge in [0.2, 0.25) is 0 Å². The molecule has 0 fully saturated rings. The third-order valence-electron chi connectivity index (χ3n) is 2.77. The summed E-state index contributed by atoms with van der Waals surface area (Å²) < 4.78 is 21.6. The molecule has 0 aliphatic rings. The zero-order valence-electron chi connectivity index (χ0n) is 13.9. The van der Waals surface area contributed by atoms with E-state index in [1.165, 1.54) is 0 Å². The maximum Gasteiger partial charge on any atom is 0.119 e. The number of nitrogens with two attached hydrogens (primary N) is 1. The van der Waals surface area contributed by atoms with Gasteiger partial charge in [-0.3, -0.25) is 0 Å². The number of hydrogen-bond donors (Lipinski definition) is 1. The quantitative estimate of drug-likeness (QED) is 0.470. The number of benzene rings is 1. The van der Waals surface area contributed by atoms with Gasteiger partial charge in [0, 0.05) is 18.5 Å². The Morgan fingerprint density at radius 3 is 1.96 bits per heavy atom. The van der Waals surface area contributed by atoms with Crippen LogP contribution in [0, 0.1) is 11.8 Å². The van der Waals surface area contributed by atoms with Crippen molar-refractivity contribution < 1.29 is 18.9 Å². The normalized spacial score (nSPS) is 10.2. The van der Waals surface area contributed by atoms with Crippen molar-refractivity contribution >= 4 is 0 Å². The first-order chi connectivity index (χ1) is 11.4. The minimum Gasteiger partial charge on any atom is -0.491 e. The minimum absolute atomic E-state index is 0.513. The third-order valence-corrected chi connectivity index (χ3v) is 2.77. The number of ether oxygens (including phenoxy) is 4. The van der Waals surface area contributed by atoms with E-state index in [4.69, 9.17) is 24.7 Å². The predicted octanol–water partition coefficient (Wildman–Crippen LogP) is 1.84. The van der Waals surface area contributed by atoms with Crippen LogP contribution in [0.25, 0.3) is 0 Å². The summed E-state index contributed by atoms with van der Waals surface area (Å²) in [5, 5.41) is 0. The first-order valence-corrected chi connectivity index (χ1v) is 8.02. The molecule has 1 aromatic carbocycles. The van der Waals surface area contributed by atoms with Gasteiger partial charge in [-0.15, -0.1) is 0 Å². The summed E-state index contributed by atoms with van der Waals surface area (Å²) in [4.78, 5) is 0. The molecule has 0 spiro atoms. The fraction of sp³-hybridized carbons (Fsp3) is 0.556. The van der Waals surface area contributed by atoms with Crippen LogP contribution in [-0.4, -0.2) is 52.8 Å². The lowest BCUT2D eigenvalue weighted by atomic mass is 10.2. The van der Waals surface area contributed by atoms with Crippen LogP contribution in [0.1, 0.15) is 18.9 Å². The molecule has 0 aliphatic carbocycles. The Hall–Kier alpha value is -1.58. The van der Waals surface area contributed by atoms with Crippen molar-refractivity contribution in [2.24, 2.45) is 5.73 Å². The summed E-state index contributed by atoms with van der Waals surface area (Å²) in [5.41, 5.74) is 6.31. The van der Waals surface area contributed by atoms with E-state index in [0.717, 1.165) is 17.7 Å². The van der Waals surface area contributed by atoms with E-state index in [9.17, 15) is 0 Å². The highest BCUT2D eigenvalue weighted by molar-refractivity contribution is 5.38. The number of rotatable bonds is 12. The highest BCUT2D eigenvalue weighted by Crippen LogP contribution is 2.11. The molecule has 0 unspecified atom stereocenters. The van der Waals surface area contributed by atoms with Crippen LogP contribution < -0.4 is 10.5 Å². The molecular weight excluding hydrogens is 294 g/mol. The molecule has 1 rings (SSSR count). The molecule has 23 heavy (non-hydrogen) atoms. The second kappa shape index (κ2) is 14.0.